The maximum Gasteiger partial charge on any atom is 0.287 e. The number of nitrogens with one attached hydrogen (secondary N) is 2. The van der Waals surface area contributed by atoms with Crippen molar-refractivity contribution in [2.45, 2.75) is 6.04 Å². The summed E-state index contributed by atoms with van der Waals surface area (Å²) in [6.07, 6.45) is 1.55. The lowest BCUT2D eigenvalue weighted by Gasteiger charge is -2.24. The number of ether oxygens (including phenoxy) is 1. The molecule has 6 nitrogen and oxygen atoms in total. The lowest BCUT2D eigenvalue weighted by atomic mass is 10.2. The predicted molar refractivity (Wildman–Crippen MR) is 65.6 cm³/mol. The first kappa shape index (κ1) is 12.3. The minimum absolute atomic E-state index is 0.166. The molecule has 1 aromatic heterocycles. The SMILES string of the molecule is Cn1ncc(NCC2COCCN2)c(Cl)c1=O. The van der Waals surface area contributed by atoms with Gasteiger partial charge in [-0.1, -0.05) is 11.6 Å². The number of nitrogens with zero attached hydrogens (tertiary/aromatic N) is 2. The van der Waals surface area contributed by atoms with Gasteiger partial charge in [-0.3, -0.25) is 4.79 Å². The Kier molecular flexibility index (Phi) is 3.98. The van der Waals surface area contributed by atoms with Crippen LogP contribution in [0.3, 0.4) is 0 Å². The highest BCUT2D eigenvalue weighted by Gasteiger charge is 2.14. The van der Waals surface area contributed by atoms with Crippen LogP contribution in [-0.2, 0) is 11.8 Å². The van der Waals surface area contributed by atoms with E-state index in [2.05, 4.69) is 15.7 Å². The second-order valence-corrected chi connectivity index (χ2v) is 4.29. The van der Waals surface area contributed by atoms with Gasteiger partial charge >= 0.3 is 0 Å². The molecule has 7 heteroatoms. The Bertz CT molecular complexity index is 442. The summed E-state index contributed by atoms with van der Waals surface area (Å²) in [5, 5.41) is 10.5. The molecule has 1 saturated heterocycles. The summed E-state index contributed by atoms with van der Waals surface area (Å²) in [6.45, 7) is 2.89. The van der Waals surface area contributed by atoms with Gasteiger partial charge in [0.1, 0.15) is 5.02 Å². The molecule has 94 valence electrons. The number of morpholine rings is 1. The zero-order chi connectivity index (χ0) is 12.3. The van der Waals surface area contributed by atoms with E-state index < -0.39 is 0 Å². The van der Waals surface area contributed by atoms with Crippen molar-refractivity contribution in [3.8, 4) is 0 Å². The summed E-state index contributed by atoms with van der Waals surface area (Å²) in [5.74, 6) is 0. The summed E-state index contributed by atoms with van der Waals surface area (Å²) in [4.78, 5) is 11.5. The molecule has 1 aromatic rings. The number of hydrogen-bond acceptors (Lipinski definition) is 5. The lowest BCUT2D eigenvalue weighted by Crippen LogP contribution is -2.45. The molecule has 0 bridgehead atoms. The minimum atomic E-state index is -0.301. The van der Waals surface area contributed by atoms with E-state index >= 15 is 0 Å². The Morgan fingerprint density at radius 3 is 3.29 bits per heavy atom. The molecule has 0 radical (unpaired) electrons. The van der Waals surface area contributed by atoms with Gasteiger partial charge in [0.2, 0.25) is 0 Å². The molecule has 0 spiro atoms. The fourth-order valence-corrected chi connectivity index (χ4v) is 1.86. The first-order valence-electron chi connectivity index (χ1n) is 5.45. The van der Waals surface area contributed by atoms with Gasteiger partial charge in [-0.15, -0.1) is 0 Å². The molecule has 0 aliphatic carbocycles. The zero-order valence-electron chi connectivity index (χ0n) is 9.57. The van der Waals surface area contributed by atoms with Crippen LogP contribution >= 0.6 is 11.6 Å². The van der Waals surface area contributed by atoms with Gasteiger partial charge in [-0.2, -0.15) is 5.10 Å². The van der Waals surface area contributed by atoms with Crippen molar-refractivity contribution in [3.05, 3.63) is 21.6 Å². The molecule has 1 aliphatic rings. The molecule has 1 unspecified atom stereocenters. The van der Waals surface area contributed by atoms with E-state index in [0.29, 0.717) is 18.8 Å². The van der Waals surface area contributed by atoms with Crippen molar-refractivity contribution in [1.82, 2.24) is 15.1 Å². The summed E-state index contributed by atoms with van der Waals surface area (Å²) in [6, 6.07) is 0.226. The first-order valence-corrected chi connectivity index (χ1v) is 5.83. The quantitative estimate of drug-likeness (QED) is 0.788. The molecular formula is C10H15ClN4O2. The van der Waals surface area contributed by atoms with Crippen LogP contribution in [-0.4, -0.2) is 42.1 Å². The second kappa shape index (κ2) is 5.48. The molecule has 0 saturated carbocycles. The fourth-order valence-electron chi connectivity index (χ4n) is 1.62. The number of rotatable bonds is 3. The zero-order valence-corrected chi connectivity index (χ0v) is 10.3. The van der Waals surface area contributed by atoms with Crippen LogP contribution in [0.5, 0.6) is 0 Å². The van der Waals surface area contributed by atoms with Crippen LogP contribution in [0.25, 0.3) is 0 Å². The Morgan fingerprint density at radius 1 is 1.76 bits per heavy atom. The number of aryl methyl sites for hydroxylation is 1. The molecule has 2 rings (SSSR count). The normalized spacial score (nSPS) is 20.2. The Morgan fingerprint density at radius 2 is 2.59 bits per heavy atom. The summed E-state index contributed by atoms with van der Waals surface area (Å²) in [7, 11) is 1.56. The average molecular weight is 259 g/mol. The van der Waals surface area contributed by atoms with Crippen LogP contribution in [0.2, 0.25) is 5.02 Å². The van der Waals surface area contributed by atoms with Gasteiger partial charge in [0.25, 0.3) is 5.56 Å². The van der Waals surface area contributed by atoms with Gasteiger partial charge < -0.3 is 15.4 Å². The van der Waals surface area contributed by atoms with Gasteiger partial charge in [0.05, 0.1) is 25.1 Å². The third-order valence-electron chi connectivity index (χ3n) is 2.62. The van der Waals surface area contributed by atoms with E-state index in [4.69, 9.17) is 16.3 Å². The van der Waals surface area contributed by atoms with Crippen LogP contribution in [0, 0.1) is 0 Å². The van der Waals surface area contributed by atoms with Crippen molar-refractivity contribution in [2.75, 3.05) is 31.6 Å². The molecule has 0 amide bonds. The van der Waals surface area contributed by atoms with Crippen molar-refractivity contribution >= 4 is 17.3 Å². The van der Waals surface area contributed by atoms with Crippen LogP contribution in [0.1, 0.15) is 0 Å². The summed E-state index contributed by atoms with van der Waals surface area (Å²) >= 11 is 5.93. The van der Waals surface area contributed by atoms with Crippen molar-refractivity contribution < 1.29 is 4.74 Å². The topological polar surface area (TPSA) is 68.2 Å². The molecule has 2 heterocycles. The van der Waals surface area contributed by atoms with Crippen molar-refractivity contribution in [3.63, 3.8) is 0 Å². The average Bonchev–Trinajstić information content (AvgIpc) is 2.36. The van der Waals surface area contributed by atoms with E-state index in [0.717, 1.165) is 13.2 Å². The van der Waals surface area contributed by atoms with Gasteiger partial charge in [-0.25, -0.2) is 4.68 Å². The van der Waals surface area contributed by atoms with E-state index in [1.54, 1.807) is 13.2 Å². The Hall–Kier alpha value is -1.11. The smallest absolute Gasteiger partial charge is 0.287 e. The molecule has 1 aliphatic heterocycles. The van der Waals surface area contributed by atoms with Gasteiger partial charge in [-0.05, 0) is 0 Å². The van der Waals surface area contributed by atoms with Crippen LogP contribution in [0.15, 0.2) is 11.0 Å². The third kappa shape index (κ3) is 2.96. The minimum Gasteiger partial charge on any atom is -0.381 e. The van der Waals surface area contributed by atoms with Crippen molar-refractivity contribution in [1.29, 1.82) is 0 Å². The lowest BCUT2D eigenvalue weighted by molar-refractivity contribution is 0.0806. The van der Waals surface area contributed by atoms with E-state index in [9.17, 15) is 4.79 Å². The molecule has 1 atom stereocenters. The highest BCUT2D eigenvalue weighted by Crippen LogP contribution is 2.14. The highest BCUT2D eigenvalue weighted by molar-refractivity contribution is 6.32. The van der Waals surface area contributed by atoms with E-state index in [1.165, 1.54) is 4.68 Å². The molecule has 0 aromatic carbocycles. The second-order valence-electron chi connectivity index (χ2n) is 3.91. The molecule has 1 fully saturated rings. The fraction of sp³-hybridized carbons (Fsp3) is 0.600. The number of hydrogen-bond donors (Lipinski definition) is 2. The Labute approximate surface area is 104 Å². The van der Waals surface area contributed by atoms with Crippen LogP contribution in [0.4, 0.5) is 5.69 Å². The predicted octanol–water partition coefficient (Wildman–Crippen LogP) is -0.166. The standard InChI is InChI=1S/C10H15ClN4O2/c1-15-10(16)9(11)8(5-14-15)13-4-7-6-17-3-2-12-7/h5,7,12-13H,2-4,6H2,1H3. The number of aromatic nitrogens is 2. The summed E-state index contributed by atoms with van der Waals surface area (Å²) in [5.41, 5.74) is 0.256. The van der Waals surface area contributed by atoms with E-state index in [-0.39, 0.29) is 16.6 Å². The summed E-state index contributed by atoms with van der Waals surface area (Å²) < 4.78 is 6.53. The first-order chi connectivity index (χ1) is 8.18. The molecule has 2 N–H and O–H groups in total. The molecule has 17 heavy (non-hydrogen) atoms. The van der Waals surface area contributed by atoms with Gasteiger partial charge in [0.15, 0.2) is 0 Å². The Balaban J connectivity index is 1.99. The third-order valence-corrected chi connectivity index (χ3v) is 2.98. The van der Waals surface area contributed by atoms with Gasteiger partial charge in [0, 0.05) is 26.2 Å². The highest BCUT2D eigenvalue weighted by atomic mass is 35.5. The maximum atomic E-state index is 11.5. The number of halogens is 1. The largest absolute Gasteiger partial charge is 0.381 e. The number of anilines is 1. The van der Waals surface area contributed by atoms with Crippen molar-refractivity contribution in [2.24, 2.45) is 7.05 Å². The monoisotopic (exact) mass is 258 g/mol. The molecular weight excluding hydrogens is 244 g/mol. The van der Waals surface area contributed by atoms with E-state index in [1.807, 2.05) is 0 Å². The maximum absolute atomic E-state index is 11.5. The van der Waals surface area contributed by atoms with Crippen LogP contribution < -0.4 is 16.2 Å².